The van der Waals surface area contributed by atoms with Crippen molar-refractivity contribution >= 4 is 21.5 Å². The molecule has 2 rings (SSSR count). The van der Waals surface area contributed by atoms with Gasteiger partial charge in [0, 0.05) is 37.8 Å². The number of rotatable bonds is 2. The maximum Gasteiger partial charge on any atom is 0.253 e. The highest BCUT2D eigenvalue weighted by Gasteiger charge is 2.21. The summed E-state index contributed by atoms with van der Waals surface area (Å²) < 4.78 is 22.7. The number of sulfone groups is 1. The van der Waals surface area contributed by atoms with Crippen molar-refractivity contribution in [2.24, 2.45) is 5.16 Å². The van der Waals surface area contributed by atoms with Gasteiger partial charge >= 0.3 is 0 Å². The Hall–Kier alpha value is -1.89. The Morgan fingerprint density at radius 2 is 1.75 bits per heavy atom. The molecule has 0 radical (unpaired) electrons. The molecule has 108 valence electrons. The number of carbonyl (C=O) groups is 1. The third kappa shape index (κ3) is 3.16. The minimum absolute atomic E-state index is 0.137. The van der Waals surface area contributed by atoms with Gasteiger partial charge in [0.2, 0.25) is 0 Å². The smallest absolute Gasteiger partial charge is 0.253 e. The van der Waals surface area contributed by atoms with Crippen LogP contribution in [0.4, 0.5) is 0 Å². The summed E-state index contributed by atoms with van der Waals surface area (Å²) in [5.41, 5.74) is 1.16. The van der Waals surface area contributed by atoms with Crippen molar-refractivity contribution in [2.75, 3.05) is 19.3 Å². The average Bonchev–Trinajstić information content (AvgIpc) is 2.46. The lowest BCUT2D eigenvalue weighted by Crippen LogP contribution is -2.38. The second-order valence-electron chi connectivity index (χ2n) is 4.75. The Labute approximate surface area is 117 Å². The highest BCUT2D eigenvalue weighted by atomic mass is 32.2. The van der Waals surface area contributed by atoms with E-state index in [1.165, 1.54) is 24.3 Å². The number of oxime groups is 1. The van der Waals surface area contributed by atoms with Crippen molar-refractivity contribution in [1.29, 1.82) is 0 Å². The van der Waals surface area contributed by atoms with Crippen LogP contribution in [0.15, 0.2) is 34.3 Å². The molecule has 1 saturated heterocycles. The van der Waals surface area contributed by atoms with E-state index in [2.05, 4.69) is 5.16 Å². The van der Waals surface area contributed by atoms with Gasteiger partial charge in [-0.05, 0) is 24.3 Å². The van der Waals surface area contributed by atoms with Gasteiger partial charge in [0.25, 0.3) is 5.91 Å². The molecule has 0 spiro atoms. The minimum atomic E-state index is -3.25. The summed E-state index contributed by atoms with van der Waals surface area (Å²) in [6.45, 7) is 1.01. The van der Waals surface area contributed by atoms with Crippen molar-refractivity contribution < 1.29 is 18.4 Å². The number of hydrogen-bond donors (Lipinski definition) is 1. The molecule has 0 aromatic heterocycles. The molecule has 1 heterocycles. The van der Waals surface area contributed by atoms with Gasteiger partial charge < -0.3 is 10.1 Å². The van der Waals surface area contributed by atoms with E-state index in [-0.39, 0.29) is 10.8 Å². The van der Waals surface area contributed by atoms with E-state index in [4.69, 9.17) is 5.21 Å². The number of piperidine rings is 1. The topological polar surface area (TPSA) is 87.0 Å². The standard InChI is InChI=1S/C13H16N2O4S/c1-20(18,19)12-4-2-10(3-5-12)13(16)15-8-6-11(14-17)7-9-15/h2-5,17H,6-9H2,1H3. The Morgan fingerprint density at radius 1 is 1.20 bits per heavy atom. The number of nitrogens with zero attached hydrogens (tertiary/aromatic N) is 2. The Kier molecular flexibility index (Phi) is 4.08. The van der Waals surface area contributed by atoms with Gasteiger partial charge in [-0.1, -0.05) is 5.16 Å². The quantitative estimate of drug-likeness (QED) is 0.655. The maximum atomic E-state index is 12.2. The van der Waals surface area contributed by atoms with Gasteiger partial charge in [0.1, 0.15) is 0 Å². The van der Waals surface area contributed by atoms with Gasteiger partial charge in [0.05, 0.1) is 10.6 Å². The zero-order valence-corrected chi connectivity index (χ0v) is 11.9. The van der Waals surface area contributed by atoms with Crippen LogP contribution in [-0.4, -0.2) is 49.5 Å². The van der Waals surface area contributed by atoms with Gasteiger partial charge in [-0.2, -0.15) is 0 Å². The van der Waals surface area contributed by atoms with Crippen LogP contribution in [0.5, 0.6) is 0 Å². The van der Waals surface area contributed by atoms with Gasteiger partial charge in [-0.3, -0.25) is 4.79 Å². The van der Waals surface area contributed by atoms with Crippen molar-refractivity contribution in [2.45, 2.75) is 17.7 Å². The zero-order valence-electron chi connectivity index (χ0n) is 11.1. The first-order valence-corrected chi connectivity index (χ1v) is 8.10. The molecule has 1 N–H and O–H groups in total. The lowest BCUT2D eigenvalue weighted by molar-refractivity contribution is 0.0753. The fraction of sp³-hybridized carbons (Fsp3) is 0.385. The highest BCUT2D eigenvalue weighted by molar-refractivity contribution is 7.90. The second-order valence-corrected chi connectivity index (χ2v) is 6.77. The Morgan fingerprint density at radius 3 is 2.20 bits per heavy atom. The number of benzene rings is 1. The monoisotopic (exact) mass is 296 g/mol. The molecule has 0 atom stereocenters. The first kappa shape index (κ1) is 14.5. The lowest BCUT2D eigenvalue weighted by Gasteiger charge is -2.27. The van der Waals surface area contributed by atoms with Gasteiger partial charge in [0.15, 0.2) is 9.84 Å². The fourth-order valence-corrected chi connectivity index (χ4v) is 2.73. The molecule has 0 bridgehead atoms. The van der Waals surface area contributed by atoms with E-state index in [9.17, 15) is 13.2 Å². The number of carbonyl (C=O) groups excluding carboxylic acids is 1. The Bertz CT molecular complexity index is 625. The van der Waals surface area contributed by atoms with Crippen LogP contribution in [0.3, 0.4) is 0 Å². The molecule has 7 heteroatoms. The fourth-order valence-electron chi connectivity index (χ4n) is 2.10. The molecule has 6 nitrogen and oxygen atoms in total. The highest BCUT2D eigenvalue weighted by Crippen LogP contribution is 2.15. The van der Waals surface area contributed by atoms with Crippen LogP contribution >= 0.6 is 0 Å². The molecular formula is C13H16N2O4S. The predicted molar refractivity (Wildman–Crippen MR) is 73.9 cm³/mol. The maximum absolute atomic E-state index is 12.2. The van der Waals surface area contributed by atoms with Gasteiger partial charge in [-0.15, -0.1) is 0 Å². The van der Waals surface area contributed by atoms with E-state index in [1.54, 1.807) is 4.90 Å². The molecule has 1 aliphatic heterocycles. The molecule has 20 heavy (non-hydrogen) atoms. The SMILES string of the molecule is CS(=O)(=O)c1ccc(C(=O)N2CCC(=NO)CC2)cc1. The van der Waals surface area contributed by atoms with E-state index < -0.39 is 9.84 Å². The first-order chi connectivity index (χ1) is 9.41. The summed E-state index contributed by atoms with van der Waals surface area (Å²) >= 11 is 0. The van der Waals surface area contributed by atoms with Crippen molar-refractivity contribution in [1.82, 2.24) is 4.90 Å². The average molecular weight is 296 g/mol. The minimum Gasteiger partial charge on any atom is -0.411 e. The van der Waals surface area contributed by atoms with Crippen LogP contribution in [0.2, 0.25) is 0 Å². The Balaban J connectivity index is 2.11. The first-order valence-electron chi connectivity index (χ1n) is 6.21. The molecule has 1 aromatic rings. The summed E-state index contributed by atoms with van der Waals surface area (Å²) in [4.78, 5) is 14.1. The molecule has 1 aliphatic rings. The van der Waals surface area contributed by atoms with E-state index in [0.29, 0.717) is 37.2 Å². The van der Waals surface area contributed by atoms with Crippen LogP contribution < -0.4 is 0 Å². The number of amides is 1. The summed E-state index contributed by atoms with van der Waals surface area (Å²) in [6, 6.07) is 5.92. The largest absolute Gasteiger partial charge is 0.411 e. The zero-order chi connectivity index (χ0) is 14.8. The van der Waals surface area contributed by atoms with Crippen molar-refractivity contribution in [3.05, 3.63) is 29.8 Å². The molecule has 0 aliphatic carbocycles. The van der Waals surface area contributed by atoms with Crippen LogP contribution in [0, 0.1) is 0 Å². The molecule has 0 saturated carbocycles. The predicted octanol–water partition coefficient (Wildman–Crippen LogP) is 1.16. The van der Waals surface area contributed by atoms with E-state index in [0.717, 1.165) is 6.26 Å². The van der Waals surface area contributed by atoms with Crippen LogP contribution in [-0.2, 0) is 9.84 Å². The molecular weight excluding hydrogens is 280 g/mol. The van der Waals surface area contributed by atoms with Crippen molar-refractivity contribution in [3.8, 4) is 0 Å². The summed E-state index contributed by atoms with van der Waals surface area (Å²) in [6.07, 6.45) is 2.25. The summed E-state index contributed by atoms with van der Waals surface area (Å²) in [5, 5.41) is 11.8. The van der Waals surface area contributed by atoms with Crippen molar-refractivity contribution in [3.63, 3.8) is 0 Å². The summed E-state index contributed by atoms with van der Waals surface area (Å²) in [5.74, 6) is -0.137. The summed E-state index contributed by atoms with van der Waals surface area (Å²) in [7, 11) is -3.25. The molecule has 1 amide bonds. The molecule has 1 aromatic carbocycles. The lowest BCUT2D eigenvalue weighted by atomic mass is 10.1. The van der Waals surface area contributed by atoms with E-state index in [1.807, 2.05) is 0 Å². The third-order valence-corrected chi connectivity index (χ3v) is 4.43. The van der Waals surface area contributed by atoms with E-state index >= 15 is 0 Å². The number of likely N-dealkylation sites (tertiary alicyclic amines) is 1. The van der Waals surface area contributed by atoms with Crippen LogP contribution in [0.25, 0.3) is 0 Å². The number of hydrogen-bond acceptors (Lipinski definition) is 5. The molecule has 0 unspecified atom stereocenters. The van der Waals surface area contributed by atoms with Crippen LogP contribution in [0.1, 0.15) is 23.2 Å². The second kappa shape index (κ2) is 5.62. The molecule has 1 fully saturated rings. The third-order valence-electron chi connectivity index (χ3n) is 3.30. The normalized spacial score (nSPS) is 16.1. The van der Waals surface area contributed by atoms with Gasteiger partial charge in [-0.25, -0.2) is 8.42 Å².